The van der Waals surface area contributed by atoms with Crippen molar-refractivity contribution in [2.45, 2.75) is 26.4 Å². The van der Waals surface area contributed by atoms with Gasteiger partial charge in [0.25, 0.3) is 0 Å². The molecule has 6 nitrogen and oxygen atoms in total. The first-order valence-electron chi connectivity index (χ1n) is 7.03. The maximum Gasteiger partial charge on any atom is 0.303 e. The van der Waals surface area contributed by atoms with Crippen molar-refractivity contribution in [2.75, 3.05) is 13.2 Å². The van der Waals surface area contributed by atoms with Crippen molar-refractivity contribution >= 4 is 17.8 Å². The van der Waals surface area contributed by atoms with Gasteiger partial charge in [-0.05, 0) is 17.7 Å². The Hall–Kier alpha value is -2.81. The number of esters is 2. The topological polar surface area (TPSA) is 81.7 Å². The van der Waals surface area contributed by atoms with Crippen molar-refractivity contribution in [3.8, 4) is 12.3 Å². The molecule has 122 valence electrons. The van der Waals surface area contributed by atoms with Gasteiger partial charge in [-0.3, -0.25) is 14.4 Å². The Labute approximate surface area is 135 Å². The van der Waals surface area contributed by atoms with E-state index in [1.54, 1.807) is 24.3 Å². The minimum Gasteiger partial charge on any atom is -0.462 e. The molecule has 1 amide bonds. The van der Waals surface area contributed by atoms with Crippen LogP contribution in [0.5, 0.6) is 0 Å². The van der Waals surface area contributed by atoms with Gasteiger partial charge in [0.2, 0.25) is 5.91 Å². The van der Waals surface area contributed by atoms with E-state index in [4.69, 9.17) is 15.9 Å². The van der Waals surface area contributed by atoms with Crippen LogP contribution in [0.1, 0.15) is 25.0 Å². The van der Waals surface area contributed by atoms with E-state index in [9.17, 15) is 14.4 Å². The number of carbonyl (C=O) groups is 3. The highest BCUT2D eigenvalue weighted by molar-refractivity contribution is 5.78. The van der Waals surface area contributed by atoms with Gasteiger partial charge < -0.3 is 14.8 Å². The van der Waals surface area contributed by atoms with Crippen molar-refractivity contribution in [1.82, 2.24) is 5.32 Å². The molecule has 1 aromatic carbocycles. The zero-order valence-electron chi connectivity index (χ0n) is 13.1. The third-order valence-corrected chi connectivity index (χ3v) is 2.82. The number of hydrogen-bond acceptors (Lipinski definition) is 5. The lowest BCUT2D eigenvalue weighted by Crippen LogP contribution is -2.38. The number of hydrogen-bond donors (Lipinski definition) is 1. The first kappa shape index (κ1) is 18.2. The SMILES string of the molecule is C#Cc1ccc(CC(=O)NCC(COC(C)=O)OC(C)=O)cc1. The molecule has 23 heavy (non-hydrogen) atoms. The molecule has 0 bridgehead atoms. The van der Waals surface area contributed by atoms with Gasteiger partial charge in [0.15, 0.2) is 6.10 Å². The molecule has 1 aromatic rings. The van der Waals surface area contributed by atoms with Gasteiger partial charge in [-0.25, -0.2) is 0 Å². The molecular weight excluding hydrogens is 298 g/mol. The summed E-state index contributed by atoms with van der Waals surface area (Å²) in [6, 6.07) is 7.06. The van der Waals surface area contributed by atoms with Crippen LogP contribution in [-0.2, 0) is 30.3 Å². The summed E-state index contributed by atoms with van der Waals surface area (Å²) in [4.78, 5) is 33.7. The van der Waals surface area contributed by atoms with Gasteiger partial charge in [-0.2, -0.15) is 0 Å². The molecule has 1 atom stereocenters. The Kier molecular flexibility index (Phi) is 7.34. The zero-order chi connectivity index (χ0) is 17.2. The largest absolute Gasteiger partial charge is 0.462 e. The van der Waals surface area contributed by atoms with Crippen LogP contribution in [0, 0.1) is 12.3 Å². The summed E-state index contributed by atoms with van der Waals surface area (Å²) >= 11 is 0. The number of rotatable bonds is 7. The molecule has 6 heteroatoms. The normalized spacial score (nSPS) is 11.0. The summed E-state index contributed by atoms with van der Waals surface area (Å²) < 4.78 is 9.77. The van der Waals surface area contributed by atoms with Crippen LogP contribution < -0.4 is 5.32 Å². The Bertz CT molecular complexity index is 600. The number of carbonyl (C=O) groups excluding carboxylic acids is 3. The molecule has 0 saturated carbocycles. The molecule has 0 saturated heterocycles. The summed E-state index contributed by atoms with van der Waals surface area (Å²) in [5.74, 6) is 1.26. The molecular formula is C17H19NO5. The fourth-order valence-electron chi connectivity index (χ4n) is 1.77. The third kappa shape index (κ3) is 7.67. The molecule has 0 heterocycles. The predicted octanol–water partition coefficient (Wildman–Crippen LogP) is 0.821. The zero-order valence-corrected chi connectivity index (χ0v) is 13.1. The second-order valence-electron chi connectivity index (χ2n) is 4.86. The fourth-order valence-corrected chi connectivity index (χ4v) is 1.77. The van der Waals surface area contributed by atoms with E-state index in [1.165, 1.54) is 13.8 Å². The van der Waals surface area contributed by atoms with E-state index in [-0.39, 0.29) is 25.5 Å². The quantitative estimate of drug-likeness (QED) is 0.595. The van der Waals surface area contributed by atoms with Crippen LogP contribution in [-0.4, -0.2) is 37.1 Å². The number of amides is 1. The van der Waals surface area contributed by atoms with Crippen molar-refractivity contribution in [2.24, 2.45) is 0 Å². The molecule has 0 spiro atoms. The van der Waals surface area contributed by atoms with E-state index >= 15 is 0 Å². The summed E-state index contributed by atoms with van der Waals surface area (Å²) in [7, 11) is 0. The van der Waals surface area contributed by atoms with Gasteiger partial charge in [0.1, 0.15) is 6.61 Å². The van der Waals surface area contributed by atoms with E-state index in [0.717, 1.165) is 11.1 Å². The fraction of sp³-hybridized carbons (Fsp3) is 0.353. The summed E-state index contributed by atoms with van der Waals surface area (Å²) in [5.41, 5.74) is 1.55. The lowest BCUT2D eigenvalue weighted by atomic mass is 10.1. The molecule has 0 aromatic heterocycles. The molecule has 1 rings (SSSR count). The number of benzene rings is 1. The van der Waals surface area contributed by atoms with Gasteiger partial charge in [-0.15, -0.1) is 6.42 Å². The minimum atomic E-state index is -0.718. The lowest BCUT2D eigenvalue weighted by Gasteiger charge is -2.17. The highest BCUT2D eigenvalue weighted by Crippen LogP contribution is 2.04. The second kappa shape index (κ2) is 9.26. The first-order valence-corrected chi connectivity index (χ1v) is 7.03. The standard InChI is InChI=1S/C17H19NO5/c1-4-14-5-7-15(8-6-14)9-17(21)18-10-16(23-13(3)20)11-22-12(2)19/h1,5-8,16H,9-11H2,2-3H3,(H,18,21). The van der Waals surface area contributed by atoms with Gasteiger partial charge in [-0.1, -0.05) is 18.1 Å². The Morgan fingerprint density at radius 3 is 2.35 bits per heavy atom. The van der Waals surface area contributed by atoms with Crippen molar-refractivity contribution in [3.05, 3.63) is 35.4 Å². The van der Waals surface area contributed by atoms with E-state index in [0.29, 0.717) is 0 Å². The average Bonchev–Trinajstić information content (AvgIpc) is 2.50. The number of terminal acetylenes is 1. The van der Waals surface area contributed by atoms with Gasteiger partial charge >= 0.3 is 11.9 Å². The van der Waals surface area contributed by atoms with E-state index < -0.39 is 18.0 Å². The highest BCUT2D eigenvalue weighted by atomic mass is 16.6. The molecule has 0 aliphatic carbocycles. The van der Waals surface area contributed by atoms with Crippen LogP contribution >= 0.6 is 0 Å². The van der Waals surface area contributed by atoms with Gasteiger partial charge in [0, 0.05) is 19.4 Å². The maximum atomic E-state index is 11.9. The molecule has 1 N–H and O–H groups in total. The maximum absolute atomic E-state index is 11.9. The van der Waals surface area contributed by atoms with Crippen LogP contribution in [0.25, 0.3) is 0 Å². The molecule has 1 unspecified atom stereocenters. The number of ether oxygens (including phenoxy) is 2. The Morgan fingerprint density at radius 1 is 1.17 bits per heavy atom. The second-order valence-corrected chi connectivity index (χ2v) is 4.86. The molecule has 0 radical (unpaired) electrons. The third-order valence-electron chi connectivity index (χ3n) is 2.82. The highest BCUT2D eigenvalue weighted by Gasteiger charge is 2.15. The first-order chi connectivity index (χ1) is 10.9. The monoisotopic (exact) mass is 317 g/mol. The van der Waals surface area contributed by atoms with E-state index in [2.05, 4.69) is 11.2 Å². The minimum absolute atomic E-state index is 0.0636. The summed E-state index contributed by atoms with van der Waals surface area (Å²) in [6.45, 7) is 2.46. The molecule has 0 aliphatic heterocycles. The van der Waals surface area contributed by atoms with Crippen LogP contribution in [0.15, 0.2) is 24.3 Å². The van der Waals surface area contributed by atoms with Crippen molar-refractivity contribution in [3.63, 3.8) is 0 Å². The smallest absolute Gasteiger partial charge is 0.303 e. The average molecular weight is 317 g/mol. The van der Waals surface area contributed by atoms with Crippen LogP contribution in [0.3, 0.4) is 0 Å². The van der Waals surface area contributed by atoms with E-state index in [1.807, 2.05) is 0 Å². The van der Waals surface area contributed by atoms with Crippen LogP contribution in [0.4, 0.5) is 0 Å². The predicted molar refractivity (Wildman–Crippen MR) is 83.3 cm³/mol. The summed E-state index contributed by atoms with van der Waals surface area (Å²) in [6.07, 6.45) is 4.72. The molecule has 0 fully saturated rings. The lowest BCUT2D eigenvalue weighted by molar-refractivity contribution is -0.156. The van der Waals surface area contributed by atoms with Crippen molar-refractivity contribution < 1.29 is 23.9 Å². The number of nitrogens with one attached hydrogen (secondary N) is 1. The van der Waals surface area contributed by atoms with Gasteiger partial charge in [0.05, 0.1) is 13.0 Å². The summed E-state index contributed by atoms with van der Waals surface area (Å²) in [5, 5.41) is 2.64. The Balaban J connectivity index is 2.48. The van der Waals surface area contributed by atoms with Crippen LogP contribution in [0.2, 0.25) is 0 Å². The van der Waals surface area contributed by atoms with Crippen molar-refractivity contribution in [1.29, 1.82) is 0 Å². The molecule has 0 aliphatic rings. The Morgan fingerprint density at radius 2 is 1.83 bits per heavy atom.